The lowest BCUT2D eigenvalue weighted by atomic mass is 10.1. The second-order valence-corrected chi connectivity index (χ2v) is 3.95. The molecular formula is C14H10O3. The van der Waals surface area contributed by atoms with E-state index in [9.17, 15) is 4.79 Å². The van der Waals surface area contributed by atoms with Crippen LogP contribution in [0.1, 0.15) is 5.56 Å². The molecule has 0 bridgehead atoms. The van der Waals surface area contributed by atoms with Gasteiger partial charge in [0.05, 0.1) is 11.6 Å². The summed E-state index contributed by atoms with van der Waals surface area (Å²) in [5, 5.41) is 0.589. The Labute approximate surface area is 97.3 Å². The predicted octanol–water partition coefficient (Wildman–Crippen LogP) is 3.36. The minimum atomic E-state index is -0.0577. The van der Waals surface area contributed by atoms with Gasteiger partial charge in [0.2, 0.25) is 0 Å². The molecular weight excluding hydrogens is 216 g/mol. The maximum atomic E-state index is 11.9. The van der Waals surface area contributed by atoms with Crippen LogP contribution in [0.25, 0.3) is 22.5 Å². The van der Waals surface area contributed by atoms with Crippen LogP contribution in [0.5, 0.6) is 0 Å². The van der Waals surface area contributed by atoms with Crippen LogP contribution < -0.4 is 5.43 Å². The molecule has 0 fully saturated rings. The maximum absolute atomic E-state index is 11.9. The molecule has 3 nitrogen and oxygen atoms in total. The molecule has 0 N–H and O–H groups in total. The first-order valence-electron chi connectivity index (χ1n) is 5.32. The van der Waals surface area contributed by atoms with Crippen LogP contribution in [0, 0.1) is 6.92 Å². The van der Waals surface area contributed by atoms with Crippen molar-refractivity contribution < 1.29 is 8.83 Å². The van der Waals surface area contributed by atoms with Gasteiger partial charge in [-0.25, -0.2) is 0 Å². The highest BCUT2D eigenvalue weighted by Gasteiger charge is 2.08. The summed E-state index contributed by atoms with van der Waals surface area (Å²) in [6, 6.07) is 10.5. The van der Waals surface area contributed by atoms with Gasteiger partial charge in [0, 0.05) is 6.07 Å². The Hall–Kier alpha value is -2.29. The zero-order valence-corrected chi connectivity index (χ0v) is 9.27. The van der Waals surface area contributed by atoms with E-state index in [1.807, 2.05) is 19.1 Å². The van der Waals surface area contributed by atoms with Crippen molar-refractivity contribution in [1.82, 2.24) is 0 Å². The van der Waals surface area contributed by atoms with Crippen molar-refractivity contribution in [3.05, 3.63) is 58.4 Å². The second kappa shape index (κ2) is 3.63. The number of benzene rings is 1. The summed E-state index contributed by atoms with van der Waals surface area (Å²) in [5.74, 6) is 1.02. The lowest BCUT2D eigenvalue weighted by molar-refractivity contribution is 0.537. The highest BCUT2D eigenvalue weighted by atomic mass is 16.4. The smallest absolute Gasteiger partial charge is 0.193 e. The van der Waals surface area contributed by atoms with Gasteiger partial charge in [-0.3, -0.25) is 4.79 Å². The Kier molecular flexibility index (Phi) is 2.11. The molecule has 0 saturated heterocycles. The summed E-state index contributed by atoms with van der Waals surface area (Å²) in [7, 11) is 0. The quantitative estimate of drug-likeness (QED) is 0.639. The maximum Gasteiger partial charge on any atom is 0.193 e. The van der Waals surface area contributed by atoms with Gasteiger partial charge in [-0.15, -0.1) is 0 Å². The molecule has 0 aliphatic heterocycles. The number of hydrogen-bond donors (Lipinski definition) is 0. The van der Waals surface area contributed by atoms with E-state index in [2.05, 4.69) is 0 Å². The third-order valence-electron chi connectivity index (χ3n) is 2.65. The molecule has 2 heterocycles. The summed E-state index contributed by atoms with van der Waals surface area (Å²) < 4.78 is 10.9. The molecule has 0 aliphatic rings. The first-order valence-corrected chi connectivity index (χ1v) is 5.32. The van der Waals surface area contributed by atoms with Crippen LogP contribution in [-0.2, 0) is 0 Å². The fourth-order valence-corrected chi connectivity index (χ4v) is 1.80. The zero-order chi connectivity index (χ0) is 11.8. The summed E-state index contributed by atoms with van der Waals surface area (Å²) in [6.45, 7) is 1.96. The summed E-state index contributed by atoms with van der Waals surface area (Å²) in [4.78, 5) is 11.9. The molecule has 0 atom stereocenters. The van der Waals surface area contributed by atoms with Gasteiger partial charge >= 0.3 is 0 Å². The van der Waals surface area contributed by atoms with Gasteiger partial charge in [-0.1, -0.05) is 6.07 Å². The van der Waals surface area contributed by atoms with Crippen LogP contribution in [0.4, 0.5) is 0 Å². The Bertz CT molecular complexity index is 721. The van der Waals surface area contributed by atoms with Crippen LogP contribution in [-0.4, -0.2) is 0 Å². The summed E-state index contributed by atoms with van der Waals surface area (Å²) in [5.41, 5.74) is 1.58. The molecule has 3 rings (SSSR count). The monoisotopic (exact) mass is 226 g/mol. The topological polar surface area (TPSA) is 43.4 Å². The van der Waals surface area contributed by atoms with Crippen molar-refractivity contribution in [1.29, 1.82) is 0 Å². The molecule has 3 aromatic rings. The van der Waals surface area contributed by atoms with Crippen molar-refractivity contribution in [2.75, 3.05) is 0 Å². The van der Waals surface area contributed by atoms with Gasteiger partial charge in [-0.05, 0) is 36.8 Å². The standard InChI is InChI=1S/C14H10O3/c1-9-4-5-10-11(15)8-14(17-13(10)7-9)12-3-2-6-16-12/h2-8H,1H3. The van der Waals surface area contributed by atoms with E-state index in [-0.39, 0.29) is 5.43 Å². The summed E-state index contributed by atoms with van der Waals surface area (Å²) in [6.07, 6.45) is 1.55. The lowest BCUT2D eigenvalue weighted by Crippen LogP contribution is -2.00. The molecule has 3 heteroatoms. The third kappa shape index (κ3) is 1.65. The Morgan fingerprint density at radius 2 is 1.94 bits per heavy atom. The first-order chi connectivity index (χ1) is 8.24. The highest BCUT2D eigenvalue weighted by Crippen LogP contribution is 2.22. The van der Waals surface area contributed by atoms with Crippen molar-refractivity contribution in [2.45, 2.75) is 6.92 Å². The molecule has 84 valence electrons. The Morgan fingerprint density at radius 1 is 1.06 bits per heavy atom. The van der Waals surface area contributed by atoms with Crippen molar-refractivity contribution >= 4 is 11.0 Å². The third-order valence-corrected chi connectivity index (χ3v) is 2.65. The van der Waals surface area contributed by atoms with E-state index in [1.54, 1.807) is 24.5 Å². The first kappa shape index (κ1) is 9.90. The van der Waals surface area contributed by atoms with E-state index in [4.69, 9.17) is 8.83 Å². The van der Waals surface area contributed by atoms with Crippen LogP contribution in [0.15, 0.2) is 56.3 Å². The number of fused-ring (bicyclic) bond motifs is 1. The van der Waals surface area contributed by atoms with Crippen molar-refractivity contribution in [2.24, 2.45) is 0 Å². The van der Waals surface area contributed by atoms with Crippen LogP contribution >= 0.6 is 0 Å². The fourth-order valence-electron chi connectivity index (χ4n) is 1.80. The molecule has 0 saturated carbocycles. The molecule has 1 aromatic carbocycles. The van der Waals surface area contributed by atoms with E-state index >= 15 is 0 Å². The molecule has 2 aromatic heterocycles. The molecule has 0 aliphatic carbocycles. The van der Waals surface area contributed by atoms with Crippen molar-refractivity contribution in [3.63, 3.8) is 0 Å². The Balaban J connectivity index is 2.33. The number of furan rings is 1. The van der Waals surface area contributed by atoms with Gasteiger partial charge in [0.15, 0.2) is 16.9 Å². The fraction of sp³-hybridized carbons (Fsp3) is 0.0714. The SMILES string of the molecule is Cc1ccc2c(=O)cc(-c3ccco3)oc2c1. The number of rotatable bonds is 1. The van der Waals surface area contributed by atoms with Gasteiger partial charge in [0.1, 0.15) is 5.58 Å². The van der Waals surface area contributed by atoms with Gasteiger partial charge in [-0.2, -0.15) is 0 Å². The molecule has 0 radical (unpaired) electrons. The average molecular weight is 226 g/mol. The normalized spacial score (nSPS) is 10.9. The van der Waals surface area contributed by atoms with E-state index in [0.717, 1.165) is 5.56 Å². The molecule has 0 amide bonds. The zero-order valence-electron chi connectivity index (χ0n) is 9.27. The molecule has 0 unspecified atom stereocenters. The van der Waals surface area contributed by atoms with Crippen LogP contribution in [0.2, 0.25) is 0 Å². The van der Waals surface area contributed by atoms with E-state index in [0.29, 0.717) is 22.5 Å². The van der Waals surface area contributed by atoms with Crippen LogP contribution in [0.3, 0.4) is 0 Å². The lowest BCUT2D eigenvalue weighted by Gasteiger charge is -2.01. The van der Waals surface area contributed by atoms with E-state index < -0.39 is 0 Å². The van der Waals surface area contributed by atoms with Gasteiger partial charge < -0.3 is 8.83 Å². The predicted molar refractivity (Wildman–Crippen MR) is 64.9 cm³/mol. The molecule has 17 heavy (non-hydrogen) atoms. The Morgan fingerprint density at radius 3 is 2.71 bits per heavy atom. The largest absolute Gasteiger partial charge is 0.461 e. The summed E-state index contributed by atoms with van der Waals surface area (Å²) >= 11 is 0. The minimum absolute atomic E-state index is 0.0577. The highest BCUT2D eigenvalue weighted by molar-refractivity contribution is 5.78. The van der Waals surface area contributed by atoms with Crippen molar-refractivity contribution in [3.8, 4) is 11.5 Å². The average Bonchev–Trinajstić information content (AvgIpc) is 2.81. The number of aryl methyl sites for hydroxylation is 1. The molecule has 0 spiro atoms. The minimum Gasteiger partial charge on any atom is -0.461 e. The van der Waals surface area contributed by atoms with E-state index in [1.165, 1.54) is 6.07 Å². The number of hydrogen-bond acceptors (Lipinski definition) is 3. The van der Waals surface area contributed by atoms with Gasteiger partial charge in [0.25, 0.3) is 0 Å². The second-order valence-electron chi connectivity index (χ2n) is 3.95.